The van der Waals surface area contributed by atoms with Crippen LogP contribution in [-0.2, 0) is 15.5 Å². The lowest BCUT2D eigenvalue weighted by atomic mass is 10.2. The SMILES string of the molecule is O=C(O)CCC(CCl)[SH](=O)=O. The van der Waals surface area contributed by atoms with Gasteiger partial charge in [-0.25, -0.2) is 8.42 Å². The third kappa shape index (κ3) is 5.03. The first kappa shape index (κ1) is 10.7. The van der Waals surface area contributed by atoms with E-state index in [0.717, 1.165) is 0 Å². The van der Waals surface area contributed by atoms with Gasteiger partial charge in [0.2, 0.25) is 0 Å². The van der Waals surface area contributed by atoms with Gasteiger partial charge in [-0.15, -0.1) is 11.6 Å². The molecule has 0 aliphatic carbocycles. The first-order chi connectivity index (χ1) is 5.07. The van der Waals surface area contributed by atoms with E-state index in [0.29, 0.717) is 0 Å². The van der Waals surface area contributed by atoms with Crippen LogP contribution in [0.15, 0.2) is 0 Å². The van der Waals surface area contributed by atoms with Gasteiger partial charge in [-0.3, -0.25) is 4.79 Å². The van der Waals surface area contributed by atoms with Crippen LogP contribution in [0.2, 0.25) is 0 Å². The predicted octanol–water partition coefficient (Wildman–Crippen LogP) is 0.0700. The molecule has 4 nitrogen and oxygen atoms in total. The summed E-state index contributed by atoms with van der Waals surface area (Å²) in [5.74, 6) is -1.04. The minimum absolute atomic E-state index is 0.0357. The van der Waals surface area contributed by atoms with E-state index in [-0.39, 0.29) is 18.7 Å². The highest BCUT2D eigenvalue weighted by Gasteiger charge is 2.11. The minimum Gasteiger partial charge on any atom is -0.481 e. The van der Waals surface area contributed by atoms with Crippen molar-refractivity contribution in [2.45, 2.75) is 18.1 Å². The quantitative estimate of drug-likeness (QED) is 0.487. The smallest absolute Gasteiger partial charge is 0.303 e. The minimum atomic E-state index is -2.59. The molecule has 0 aliphatic rings. The monoisotopic (exact) mass is 200 g/mol. The van der Waals surface area contributed by atoms with Gasteiger partial charge >= 0.3 is 5.97 Å². The average molecular weight is 201 g/mol. The molecule has 0 fully saturated rings. The Bertz CT molecular complexity index is 193. The van der Waals surface area contributed by atoms with E-state index in [1.54, 1.807) is 0 Å². The lowest BCUT2D eigenvalue weighted by Crippen LogP contribution is -2.13. The molecule has 1 unspecified atom stereocenters. The van der Waals surface area contributed by atoms with Gasteiger partial charge in [-0.2, -0.15) is 0 Å². The molecule has 0 aromatic carbocycles. The normalized spacial score (nSPS) is 13.3. The van der Waals surface area contributed by atoms with Crippen molar-refractivity contribution in [3.63, 3.8) is 0 Å². The molecule has 0 bridgehead atoms. The number of aliphatic carboxylic acids is 1. The lowest BCUT2D eigenvalue weighted by Gasteiger charge is -2.01. The second-order valence-electron chi connectivity index (χ2n) is 2.03. The number of halogens is 1. The van der Waals surface area contributed by atoms with Crippen LogP contribution in [-0.4, -0.2) is 30.6 Å². The average Bonchev–Trinajstić information content (AvgIpc) is 1.87. The molecule has 0 aromatic heterocycles. The summed E-state index contributed by atoms with van der Waals surface area (Å²) in [6, 6.07) is 0. The van der Waals surface area contributed by atoms with E-state index in [1.807, 2.05) is 0 Å². The maximum atomic E-state index is 10.3. The van der Waals surface area contributed by atoms with Crippen molar-refractivity contribution in [2.24, 2.45) is 0 Å². The Morgan fingerprint density at radius 1 is 1.55 bits per heavy atom. The molecule has 66 valence electrons. The summed E-state index contributed by atoms with van der Waals surface area (Å²) in [4.78, 5) is 10.0. The molecule has 1 N–H and O–H groups in total. The number of hydrogen-bond acceptors (Lipinski definition) is 3. The number of hydrogen-bond donors (Lipinski definition) is 2. The van der Waals surface area contributed by atoms with Crippen molar-refractivity contribution in [2.75, 3.05) is 5.88 Å². The van der Waals surface area contributed by atoms with Gasteiger partial charge in [0.25, 0.3) is 0 Å². The number of alkyl halides is 1. The third-order valence-corrected chi connectivity index (χ3v) is 2.79. The summed E-state index contributed by atoms with van der Waals surface area (Å²) in [6.45, 7) is 0. The zero-order valence-corrected chi connectivity index (χ0v) is 7.35. The molecular formula is C5H9ClO4S. The van der Waals surface area contributed by atoms with E-state index in [1.165, 1.54) is 0 Å². The molecule has 0 heterocycles. The molecule has 0 spiro atoms. The highest BCUT2D eigenvalue weighted by molar-refractivity contribution is 7.73. The van der Waals surface area contributed by atoms with Crippen LogP contribution in [0, 0.1) is 0 Å². The van der Waals surface area contributed by atoms with E-state index < -0.39 is 21.9 Å². The number of carbonyl (C=O) groups is 1. The summed E-state index contributed by atoms with van der Waals surface area (Å²) >= 11 is 5.27. The number of thiol groups is 1. The molecule has 1 atom stereocenters. The van der Waals surface area contributed by atoms with Crippen LogP contribution in [0.3, 0.4) is 0 Å². The summed E-state index contributed by atoms with van der Waals surface area (Å²) in [5, 5.41) is 7.49. The number of carboxylic acid groups (broad SMARTS) is 1. The Balaban J connectivity index is 3.79. The third-order valence-electron chi connectivity index (χ3n) is 1.17. The van der Waals surface area contributed by atoms with Gasteiger partial charge in [0.1, 0.15) is 10.7 Å². The summed E-state index contributed by atoms with van der Waals surface area (Å²) in [7, 11) is -2.59. The Labute approximate surface area is 71.1 Å². The second kappa shape index (κ2) is 5.37. The molecular weight excluding hydrogens is 192 g/mol. The molecule has 0 saturated heterocycles. The van der Waals surface area contributed by atoms with Gasteiger partial charge in [-0.1, -0.05) is 0 Å². The number of carboxylic acids is 1. The fraction of sp³-hybridized carbons (Fsp3) is 0.800. The number of rotatable bonds is 5. The van der Waals surface area contributed by atoms with Gasteiger partial charge in [-0.05, 0) is 6.42 Å². The van der Waals surface area contributed by atoms with E-state index in [9.17, 15) is 13.2 Å². The molecule has 0 aliphatic heterocycles. The van der Waals surface area contributed by atoms with Crippen molar-refractivity contribution in [1.82, 2.24) is 0 Å². The fourth-order valence-corrected chi connectivity index (χ4v) is 1.47. The van der Waals surface area contributed by atoms with Gasteiger partial charge in [0.05, 0.1) is 5.25 Å². The fourth-order valence-electron chi connectivity index (χ4n) is 0.529. The zero-order valence-electron chi connectivity index (χ0n) is 5.70. The van der Waals surface area contributed by atoms with Crippen LogP contribution < -0.4 is 0 Å². The molecule has 6 heteroatoms. The topological polar surface area (TPSA) is 71.4 Å². The molecule has 0 aromatic rings. The van der Waals surface area contributed by atoms with Crippen molar-refractivity contribution in [3.05, 3.63) is 0 Å². The highest BCUT2D eigenvalue weighted by Crippen LogP contribution is 2.03. The van der Waals surface area contributed by atoms with Crippen molar-refractivity contribution in [1.29, 1.82) is 0 Å². The van der Waals surface area contributed by atoms with E-state index in [2.05, 4.69) is 0 Å². The largest absolute Gasteiger partial charge is 0.481 e. The predicted molar refractivity (Wildman–Crippen MR) is 41.7 cm³/mol. The van der Waals surface area contributed by atoms with Crippen molar-refractivity contribution < 1.29 is 18.3 Å². The van der Waals surface area contributed by atoms with Crippen molar-refractivity contribution >= 4 is 28.3 Å². The maximum Gasteiger partial charge on any atom is 0.303 e. The maximum absolute atomic E-state index is 10.3. The van der Waals surface area contributed by atoms with Crippen LogP contribution in [0.5, 0.6) is 0 Å². The first-order valence-corrected chi connectivity index (χ1v) is 4.77. The summed E-state index contributed by atoms with van der Waals surface area (Å²) in [5.41, 5.74) is 0. The first-order valence-electron chi connectivity index (χ1n) is 2.99. The standard InChI is InChI=1S/C5H9ClO4S/c6-3-4(11(9)10)1-2-5(7)8/h4,11H,1-3H2,(H,7,8). The summed E-state index contributed by atoms with van der Waals surface area (Å²) in [6.07, 6.45) is -0.0573. The van der Waals surface area contributed by atoms with E-state index in [4.69, 9.17) is 16.7 Å². The van der Waals surface area contributed by atoms with Crippen LogP contribution >= 0.6 is 11.6 Å². The zero-order chi connectivity index (χ0) is 8.85. The van der Waals surface area contributed by atoms with Crippen molar-refractivity contribution in [3.8, 4) is 0 Å². The lowest BCUT2D eigenvalue weighted by molar-refractivity contribution is -0.137. The van der Waals surface area contributed by atoms with Gasteiger partial charge < -0.3 is 5.11 Å². The van der Waals surface area contributed by atoms with Gasteiger partial charge in [0.15, 0.2) is 0 Å². The van der Waals surface area contributed by atoms with Crippen LogP contribution in [0.25, 0.3) is 0 Å². The molecule has 0 radical (unpaired) electrons. The Morgan fingerprint density at radius 2 is 2.09 bits per heavy atom. The summed E-state index contributed by atoms with van der Waals surface area (Å²) < 4.78 is 20.6. The Hall–Kier alpha value is -0.290. The molecule has 11 heavy (non-hydrogen) atoms. The molecule has 0 saturated carbocycles. The van der Waals surface area contributed by atoms with Crippen LogP contribution in [0.4, 0.5) is 0 Å². The molecule has 0 amide bonds. The molecule has 0 rings (SSSR count). The Kier molecular flexibility index (Phi) is 5.23. The second-order valence-corrected chi connectivity index (χ2v) is 3.64. The van der Waals surface area contributed by atoms with Gasteiger partial charge in [0, 0.05) is 12.3 Å². The Morgan fingerprint density at radius 3 is 2.36 bits per heavy atom. The van der Waals surface area contributed by atoms with Crippen LogP contribution in [0.1, 0.15) is 12.8 Å². The van der Waals surface area contributed by atoms with E-state index >= 15 is 0 Å². The highest BCUT2D eigenvalue weighted by atomic mass is 35.5.